The molecular formula is C15H21NO2. The Labute approximate surface area is 108 Å². The highest BCUT2D eigenvalue weighted by Gasteiger charge is 2.19. The summed E-state index contributed by atoms with van der Waals surface area (Å²) in [6.45, 7) is 0. The van der Waals surface area contributed by atoms with Crippen LogP contribution in [-0.2, 0) is 0 Å². The number of rotatable bonds is 4. The molecule has 0 bridgehead atoms. The number of anilines is 1. The first kappa shape index (κ1) is 12.9. The van der Waals surface area contributed by atoms with Gasteiger partial charge in [0.2, 0.25) is 0 Å². The largest absolute Gasteiger partial charge is 0.497 e. The standard InChI is InChI=1S/C15H21NO2/c1-18-12-7-8-13(14(16)10-12)15(17)9-11-5-3-2-4-6-11/h7-8,10-11H,2-6,9,16H2,1H3. The SMILES string of the molecule is COc1ccc(C(=O)CC2CCCCC2)c(N)c1. The highest BCUT2D eigenvalue weighted by Crippen LogP contribution is 2.29. The maximum Gasteiger partial charge on any atom is 0.165 e. The number of carbonyl (C=O) groups excluding carboxylic acids is 1. The lowest BCUT2D eigenvalue weighted by molar-refractivity contribution is 0.0951. The third-order valence-electron chi connectivity index (χ3n) is 3.76. The number of carbonyl (C=O) groups is 1. The Hall–Kier alpha value is -1.51. The average Bonchev–Trinajstić information content (AvgIpc) is 2.39. The molecule has 0 spiro atoms. The fourth-order valence-corrected chi connectivity index (χ4v) is 2.69. The smallest absolute Gasteiger partial charge is 0.165 e. The third-order valence-corrected chi connectivity index (χ3v) is 3.76. The van der Waals surface area contributed by atoms with E-state index in [1.165, 1.54) is 32.1 Å². The van der Waals surface area contributed by atoms with Crippen LogP contribution in [0.25, 0.3) is 0 Å². The average molecular weight is 247 g/mol. The van der Waals surface area contributed by atoms with E-state index < -0.39 is 0 Å². The van der Waals surface area contributed by atoms with Gasteiger partial charge < -0.3 is 10.5 Å². The van der Waals surface area contributed by atoms with E-state index in [2.05, 4.69) is 0 Å². The zero-order valence-corrected chi connectivity index (χ0v) is 10.9. The van der Waals surface area contributed by atoms with Crippen LogP contribution in [0.4, 0.5) is 5.69 Å². The number of nitrogen functional groups attached to an aromatic ring is 1. The second-order valence-corrected chi connectivity index (χ2v) is 5.08. The van der Waals surface area contributed by atoms with Crippen molar-refractivity contribution in [3.8, 4) is 5.75 Å². The van der Waals surface area contributed by atoms with Crippen LogP contribution >= 0.6 is 0 Å². The van der Waals surface area contributed by atoms with Crippen molar-refractivity contribution in [2.45, 2.75) is 38.5 Å². The Kier molecular flexibility index (Phi) is 4.24. The molecule has 0 radical (unpaired) electrons. The van der Waals surface area contributed by atoms with Crippen LogP contribution in [0, 0.1) is 5.92 Å². The first-order valence-electron chi connectivity index (χ1n) is 6.67. The predicted octanol–water partition coefficient (Wildman–Crippen LogP) is 3.43. The van der Waals surface area contributed by atoms with Crippen LogP contribution in [0.2, 0.25) is 0 Å². The van der Waals surface area contributed by atoms with Crippen molar-refractivity contribution in [3.05, 3.63) is 23.8 Å². The Morgan fingerprint density at radius 2 is 2.06 bits per heavy atom. The van der Waals surface area contributed by atoms with Gasteiger partial charge in [0.05, 0.1) is 7.11 Å². The molecule has 3 heteroatoms. The van der Waals surface area contributed by atoms with E-state index in [9.17, 15) is 4.79 Å². The molecule has 1 saturated carbocycles. The van der Waals surface area contributed by atoms with Crippen LogP contribution in [-0.4, -0.2) is 12.9 Å². The quantitative estimate of drug-likeness (QED) is 0.655. The first-order chi connectivity index (χ1) is 8.70. The van der Waals surface area contributed by atoms with Crippen molar-refractivity contribution in [2.75, 3.05) is 12.8 Å². The Morgan fingerprint density at radius 1 is 1.33 bits per heavy atom. The summed E-state index contributed by atoms with van der Waals surface area (Å²) in [4.78, 5) is 12.2. The molecule has 1 aromatic rings. The number of hydrogen-bond acceptors (Lipinski definition) is 3. The molecule has 0 aromatic heterocycles. The van der Waals surface area contributed by atoms with E-state index in [1.807, 2.05) is 0 Å². The van der Waals surface area contributed by atoms with Gasteiger partial charge in [0.1, 0.15) is 5.75 Å². The van der Waals surface area contributed by atoms with Crippen LogP contribution < -0.4 is 10.5 Å². The highest BCUT2D eigenvalue weighted by atomic mass is 16.5. The topological polar surface area (TPSA) is 52.3 Å². The number of Topliss-reactive ketones (excluding diaryl/α,β-unsaturated/α-hetero) is 1. The molecular weight excluding hydrogens is 226 g/mol. The summed E-state index contributed by atoms with van der Waals surface area (Å²) >= 11 is 0. The number of benzene rings is 1. The monoisotopic (exact) mass is 247 g/mol. The fourth-order valence-electron chi connectivity index (χ4n) is 2.69. The molecule has 1 aliphatic carbocycles. The van der Waals surface area contributed by atoms with Gasteiger partial charge in [0, 0.05) is 23.7 Å². The molecule has 0 atom stereocenters. The molecule has 0 saturated heterocycles. The lowest BCUT2D eigenvalue weighted by Gasteiger charge is -2.21. The van der Waals surface area contributed by atoms with E-state index in [-0.39, 0.29) is 5.78 Å². The second kappa shape index (κ2) is 5.89. The minimum atomic E-state index is 0.169. The van der Waals surface area contributed by atoms with E-state index in [1.54, 1.807) is 25.3 Å². The first-order valence-corrected chi connectivity index (χ1v) is 6.67. The van der Waals surface area contributed by atoms with Gasteiger partial charge in [-0.05, 0) is 18.1 Å². The van der Waals surface area contributed by atoms with Gasteiger partial charge in [-0.15, -0.1) is 0 Å². The zero-order chi connectivity index (χ0) is 13.0. The molecule has 1 fully saturated rings. The number of hydrogen-bond donors (Lipinski definition) is 1. The zero-order valence-electron chi connectivity index (χ0n) is 10.9. The summed E-state index contributed by atoms with van der Waals surface area (Å²) in [5.41, 5.74) is 7.07. The summed E-state index contributed by atoms with van der Waals surface area (Å²) < 4.78 is 5.09. The van der Waals surface area contributed by atoms with Crippen molar-refractivity contribution < 1.29 is 9.53 Å². The van der Waals surface area contributed by atoms with Gasteiger partial charge in [-0.25, -0.2) is 0 Å². The van der Waals surface area contributed by atoms with Gasteiger partial charge in [-0.1, -0.05) is 32.1 Å². The van der Waals surface area contributed by atoms with Gasteiger partial charge in [0.25, 0.3) is 0 Å². The third kappa shape index (κ3) is 3.03. The van der Waals surface area contributed by atoms with E-state index in [0.29, 0.717) is 29.3 Å². The van der Waals surface area contributed by atoms with Crippen molar-refractivity contribution in [2.24, 2.45) is 5.92 Å². The summed E-state index contributed by atoms with van der Waals surface area (Å²) in [7, 11) is 1.60. The van der Waals surface area contributed by atoms with Crippen molar-refractivity contribution >= 4 is 11.5 Å². The molecule has 0 amide bonds. The molecule has 2 N–H and O–H groups in total. The van der Waals surface area contributed by atoms with Gasteiger partial charge in [-0.3, -0.25) is 4.79 Å². The van der Waals surface area contributed by atoms with Crippen LogP contribution in [0.3, 0.4) is 0 Å². The maximum atomic E-state index is 12.2. The molecule has 1 aromatic carbocycles. The summed E-state index contributed by atoms with van der Waals surface area (Å²) in [6, 6.07) is 5.29. The summed E-state index contributed by atoms with van der Waals surface area (Å²) in [5.74, 6) is 1.41. The molecule has 98 valence electrons. The van der Waals surface area contributed by atoms with Crippen LogP contribution in [0.5, 0.6) is 5.75 Å². The van der Waals surface area contributed by atoms with Crippen molar-refractivity contribution in [1.82, 2.24) is 0 Å². The Bertz CT molecular complexity index is 423. The van der Waals surface area contributed by atoms with Gasteiger partial charge >= 0.3 is 0 Å². The lowest BCUT2D eigenvalue weighted by atomic mass is 9.84. The minimum Gasteiger partial charge on any atom is -0.497 e. The number of ether oxygens (including phenoxy) is 1. The van der Waals surface area contributed by atoms with Crippen LogP contribution in [0.15, 0.2) is 18.2 Å². The second-order valence-electron chi connectivity index (χ2n) is 5.08. The van der Waals surface area contributed by atoms with Crippen molar-refractivity contribution in [1.29, 1.82) is 0 Å². The minimum absolute atomic E-state index is 0.169. The van der Waals surface area contributed by atoms with Crippen LogP contribution in [0.1, 0.15) is 48.9 Å². The van der Waals surface area contributed by atoms with E-state index in [0.717, 1.165) is 0 Å². The molecule has 0 unspecified atom stereocenters. The summed E-state index contributed by atoms with van der Waals surface area (Å²) in [6.07, 6.45) is 6.83. The molecule has 0 aliphatic heterocycles. The summed E-state index contributed by atoms with van der Waals surface area (Å²) in [5, 5.41) is 0. The molecule has 0 heterocycles. The van der Waals surface area contributed by atoms with E-state index in [4.69, 9.17) is 10.5 Å². The Balaban J connectivity index is 2.03. The molecule has 2 rings (SSSR count). The Morgan fingerprint density at radius 3 is 2.67 bits per heavy atom. The number of ketones is 1. The molecule has 1 aliphatic rings. The lowest BCUT2D eigenvalue weighted by Crippen LogP contribution is -2.13. The van der Waals surface area contributed by atoms with Gasteiger partial charge in [0.15, 0.2) is 5.78 Å². The highest BCUT2D eigenvalue weighted by molar-refractivity contribution is 6.01. The van der Waals surface area contributed by atoms with E-state index >= 15 is 0 Å². The fraction of sp³-hybridized carbons (Fsp3) is 0.533. The normalized spacial score (nSPS) is 16.5. The number of methoxy groups -OCH3 is 1. The predicted molar refractivity (Wildman–Crippen MR) is 72.9 cm³/mol. The molecule has 3 nitrogen and oxygen atoms in total. The maximum absolute atomic E-state index is 12.2. The van der Waals surface area contributed by atoms with Gasteiger partial charge in [-0.2, -0.15) is 0 Å². The number of nitrogens with two attached hydrogens (primary N) is 1. The molecule has 18 heavy (non-hydrogen) atoms. The van der Waals surface area contributed by atoms with Crippen molar-refractivity contribution in [3.63, 3.8) is 0 Å².